The van der Waals surface area contributed by atoms with Gasteiger partial charge in [-0.05, 0) is 18.2 Å². The lowest BCUT2D eigenvalue weighted by molar-refractivity contribution is -0.904. The van der Waals surface area contributed by atoms with E-state index in [1.54, 1.807) is 0 Å². The number of nitrogens with zero attached hydrogens (tertiary/aromatic N) is 3. The Morgan fingerprint density at radius 1 is 1.37 bits per heavy atom. The van der Waals surface area contributed by atoms with Gasteiger partial charge in [-0.15, -0.1) is 0 Å². The van der Waals surface area contributed by atoms with Crippen molar-refractivity contribution < 1.29 is 8.90 Å². The number of rotatable bonds is 3. The molecule has 0 aliphatic carbocycles. The quantitative estimate of drug-likeness (QED) is 0.625. The molecular formula is C15H20N3O+. The summed E-state index contributed by atoms with van der Waals surface area (Å²) in [5.74, 6) is 0. The molecule has 3 rings (SSSR count). The summed E-state index contributed by atoms with van der Waals surface area (Å²) in [7, 11) is 2.28. The van der Waals surface area contributed by atoms with Crippen molar-refractivity contribution in [2.75, 3.05) is 44.7 Å². The van der Waals surface area contributed by atoms with Crippen molar-refractivity contribution in [3.8, 4) is 0 Å². The number of fused-ring (bicyclic) bond motifs is 1. The van der Waals surface area contributed by atoms with Crippen LogP contribution in [0.1, 0.15) is 0 Å². The van der Waals surface area contributed by atoms with E-state index in [9.17, 15) is 0 Å². The molecule has 1 saturated heterocycles. The van der Waals surface area contributed by atoms with Crippen LogP contribution >= 0.6 is 0 Å². The highest BCUT2D eigenvalue weighted by atomic mass is 16.4. The van der Waals surface area contributed by atoms with Crippen LogP contribution in [0.2, 0.25) is 0 Å². The van der Waals surface area contributed by atoms with Gasteiger partial charge in [-0.1, -0.05) is 18.7 Å². The fourth-order valence-electron chi connectivity index (χ4n) is 2.63. The minimum atomic E-state index is 0.756. The number of benzene rings is 1. The highest BCUT2D eigenvalue weighted by Gasteiger charge is 2.29. The summed E-state index contributed by atoms with van der Waals surface area (Å²) >= 11 is 0. The lowest BCUT2D eigenvalue weighted by Crippen LogP contribution is -2.57. The topological polar surface area (TPSA) is 29.3 Å². The summed E-state index contributed by atoms with van der Waals surface area (Å²) in [6.07, 6.45) is 2.01. The van der Waals surface area contributed by atoms with Gasteiger partial charge in [0.2, 0.25) is 0 Å². The second kappa shape index (κ2) is 4.70. The molecule has 0 saturated carbocycles. The standard InChI is InChI=1S/C15H20N3O/c1-3-10-18(2)11-8-17(9-12-18)15-16-13-6-4-5-7-14(13)19-15/h3-7H,1,8-12H2,2H3/q+1. The van der Waals surface area contributed by atoms with Crippen molar-refractivity contribution in [2.45, 2.75) is 0 Å². The Bertz CT molecular complexity index is 549. The number of hydrogen-bond acceptors (Lipinski definition) is 3. The van der Waals surface area contributed by atoms with Gasteiger partial charge < -0.3 is 13.8 Å². The minimum absolute atomic E-state index is 0.756. The van der Waals surface area contributed by atoms with Crippen LogP contribution in [-0.4, -0.2) is 49.2 Å². The molecule has 2 heterocycles. The maximum absolute atomic E-state index is 5.82. The molecule has 19 heavy (non-hydrogen) atoms. The number of piperazine rings is 1. The average Bonchev–Trinajstić information content (AvgIpc) is 2.83. The van der Waals surface area contributed by atoms with E-state index < -0.39 is 0 Å². The van der Waals surface area contributed by atoms with E-state index in [0.717, 1.165) is 54.3 Å². The Morgan fingerprint density at radius 3 is 2.79 bits per heavy atom. The van der Waals surface area contributed by atoms with Gasteiger partial charge in [0.1, 0.15) is 5.52 Å². The monoisotopic (exact) mass is 258 g/mol. The van der Waals surface area contributed by atoms with Gasteiger partial charge in [0.15, 0.2) is 5.58 Å². The van der Waals surface area contributed by atoms with Crippen LogP contribution in [0.3, 0.4) is 0 Å². The number of likely N-dealkylation sites (N-methyl/N-ethyl adjacent to an activating group) is 1. The smallest absolute Gasteiger partial charge is 0.298 e. The molecule has 1 aromatic carbocycles. The fourth-order valence-corrected chi connectivity index (χ4v) is 2.63. The van der Waals surface area contributed by atoms with Gasteiger partial charge in [0, 0.05) is 0 Å². The lowest BCUT2D eigenvalue weighted by atomic mass is 10.2. The first kappa shape index (κ1) is 12.2. The van der Waals surface area contributed by atoms with Gasteiger partial charge in [-0.25, -0.2) is 0 Å². The van der Waals surface area contributed by atoms with Crippen LogP contribution in [0.4, 0.5) is 6.01 Å². The first-order chi connectivity index (χ1) is 9.20. The molecule has 0 unspecified atom stereocenters. The Labute approximate surface area is 113 Å². The molecule has 0 atom stereocenters. The molecule has 0 amide bonds. The number of quaternary nitrogens is 1. The summed E-state index contributed by atoms with van der Waals surface area (Å²) < 4.78 is 6.88. The summed E-state index contributed by atoms with van der Waals surface area (Å²) in [6, 6.07) is 8.68. The van der Waals surface area contributed by atoms with Crippen LogP contribution in [0.5, 0.6) is 0 Å². The van der Waals surface area contributed by atoms with Gasteiger partial charge in [-0.3, -0.25) is 0 Å². The molecule has 100 valence electrons. The predicted molar refractivity (Wildman–Crippen MR) is 77.2 cm³/mol. The Balaban J connectivity index is 1.76. The third-order valence-corrected chi connectivity index (χ3v) is 3.94. The Hall–Kier alpha value is -1.81. The van der Waals surface area contributed by atoms with E-state index in [2.05, 4.69) is 23.5 Å². The van der Waals surface area contributed by atoms with Gasteiger partial charge in [0.05, 0.1) is 39.8 Å². The third kappa shape index (κ3) is 2.36. The van der Waals surface area contributed by atoms with Crippen molar-refractivity contribution in [1.29, 1.82) is 0 Å². The molecule has 1 aromatic heterocycles. The van der Waals surface area contributed by atoms with Crippen LogP contribution in [0.15, 0.2) is 41.3 Å². The summed E-state index contributed by atoms with van der Waals surface area (Å²) in [4.78, 5) is 6.80. The SMILES string of the molecule is C=CC[N+]1(C)CCN(c2nc3ccccc3o2)CC1. The Morgan fingerprint density at radius 2 is 2.11 bits per heavy atom. The molecule has 1 aliphatic rings. The zero-order valence-corrected chi connectivity index (χ0v) is 11.4. The van der Waals surface area contributed by atoms with E-state index in [0.29, 0.717) is 0 Å². The molecule has 0 radical (unpaired) electrons. The van der Waals surface area contributed by atoms with Crippen LogP contribution in [0.25, 0.3) is 11.1 Å². The average molecular weight is 258 g/mol. The van der Waals surface area contributed by atoms with Crippen molar-refractivity contribution in [3.05, 3.63) is 36.9 Å². The molecule has 0 spiro atoms. The van der Waals surface area contributed by atoms with Gasteiger partial charge in [0.25, 0.3) is 6.01 Å². The summed E-state index contributed by atoms with van der Waals surface area (Å²) in [6.45, 7) is 9.05. The highest BCUT2D eigenvalue weighted by molar-refractivity contribution is 5.74. The van der Waals surface area contributed by atoms with Crippen LogP contribution in [0, 0.1) is 0 Å². The van der Waals surface area contributed by atoms with Crippen LogP contribution < -0.4 is 4.90 Å². The molecule has 1 aliphatic heterocycles. The van der Waals surface area contributed by atoms with E-state index >= 15 is 0 Å². The van der Waals surface area contributed by atoms with Gasteiger partial charge in [-0.2, -0.15) is 4.98 Å². The zero-order valence-electron chi connectivity index (χ0n) is 11.4. The first-order valence-corrected chi connectivity index (χ1v) is 6.75. The van der Waals surface area contributed by atoms with E-state index in [1.165, 1.54) is 0 Å². The number of aromatic nitrogens is 1. The van der Waals surface area contributed by atoms with E-state index in [1.807, 2.05) is 30.3 Å². The maximum Gasteiger partial charge on any atom is 0.298 e. The van der Waals surface area contributed by atoms with Crippen LogP contribution in [-0.2, 0) is 0 Å². The van der Waals surface area contributed by atoms with Gasteiger partial charge >= 0.3 is 0 Å². The highest BCUT2D eigenvalue weighted by Crippen LogP contribution is 2.23. The molecule has 2 aromatic rings. The minimum Gasteiger partial charge on any atom is -0.423 e. The predicted octanol–water partition coefficient (Wildman–Crippen LogP) is 2.28. The molecule has 1 fully saturated rings. The van der Waals surface area contributed by atoms with E-state index in [4.69, 9.17) is 4.42 Å². The van der Waals surface area contributed by atoms with Crippen molar-refractivity contribution >= 4 is 17.1 Å². The summed E-state index contributed by atoms with van der Waals surface area (Å²) in [5, 5.41) is 0. The fraction of sp³-hybridized carbons (Fsp3) is 0.400. The normalized spacial score (nSPS) is 18.7. The largest absolute Gasteiger partial charge is 0.423 e. The Kier molecular flexibility index (Phi) is 3.03. The molecule has 4 nitrogen and oxygen atoms in total. The molecule has 4 heteroatoms. The third-order valence-electron chi connectivity index (χ3n) is 3.94. The molecular weight excluding hydrogens is 238 g/mol. The zero-order chi connectivity index (χ0) is 13.3. The van der Waals surface area contributed by atoms with Crippen molar-refractivity contribution in [1.82, 2.24) is 4.98 Å². The number of oxazole rings is 1. The summed E-state index contributed by atoms with van der Waals surface area (Å²) in [5.41, 5.74) is 1.80. The number of hydrogen-bond donors (Lipinski definition) is 0. The van der Waals surface area contributed by atoms with E-state index in [-0.39, 0.29) is 0 Å². The molecule has 0 N–H and O–H groups in total. The van der Waals surface area contributed by atoms with Crippen molar-refractivity contribution in [3.63, 3.8) is 0 Å². The number of para-hydroxylation sites is 2. The van der Waals surface area contributed by atoms with Crippen molar-refractivity contribution in [2.24, 2.45) is 0 Å². The maximum atomic E-state index is 5.82. The second-order valence-corrected chi connectivity index (χ2v) is 5.49. The number of anilines is 1. The second-order valence-electron chi connectivity index (χ2n) is 5.49. The first-order valence-electron chi connectivity index (χ1n) is 6.75. The lowest BCUT2D eigenvalue weighted by Gasteiger charge is -2.40. The molecule has 0 bridgehead atoms.